The van der Waals surface area contributed by atoms with Gasteiger partial charge in [-0.15, -0.1) is 0 Å². The molecular formula is C20H17ClN2O. The van der Waals surface area contributed by atoms with Gasteiger partial charge in [0.25, 0.3) is 0 Å². The van der Waals surface area contributed by atoms with Gasteiger partial charge in [-0.05, 0) is 37.0 Å². The number of aromatic nitrogens is 1. The van der Waals surface area contributed by atoms with Crippen molar-refractivity contribution in [2.24, 2.45) is 5.92 Å². The molecule has 0 saturated heterocycles. The highest BCUT2D eigenvalue weighted by Crippen LogP contribution is 2.48. The van der Waals surface area contributed by atoms with E-state index in [-0.39, 0.29) is 11.8 Å². The summed E-state index contributed by atoms with van der Waals surface area (Å²) in [6, 6.07) is 14.1. The Morgan fingerprint density at radius 1 is 1.21 bits per heavy atom. The van der Waals surface area contributed by atoms with Crippen molar-refractivity contribution in [1.29, 1.82) is 0 Å². The fourth-order valence-electron chi connectivity index (χ4n) is 3.19. The van der Waals surface area contributed by atoms with Gasteiger partial charge in [0.05, 0.1) is 5.02 Å². The van der Waals surface area contributed by atoms with Crippen LogP contribution in [-0.4, -0.2) is 10.9 Å². The van der Waals surface area contributed by atoms with E-state index in [0.29, 0.717) is 10.9 Å². The van der Waals surface area contributed by atoms with Crippen molar-refractivity contribution in [3.05, 3.63) is 71.0 Å². The summed E-state index contributed by atoms with van der Waals surface area (Å²) in [5.74, 6) is 0.458. The molecule has 1 saturated carbocycles. The van der Waals surface area contributed by atoms with E-state index in [4.69, 9.17) is 11.6 Å². The number of nitrogens with zero attached hydrogens (tertiary/aromatic N) is 1. The Morgan fingerprint density at radius 2 is 2.08 bits per heavy atom. The normalized spacial score (nSPS) is 19.2. The van der Waals surface area contributed by atoms with Gasteiger partial charge in [0, 0.05) is 34.8 Å². The van der Waals surface area contributed by atoms with Crippen molar-refractivity contribution in [1.82, 2.24) is 4.98 Å². The van der Waals surface area contributed by atoms with E-state index in [1.165, 1.54) is 11.1 Å². The summed E-state index contributed by atoms with van der Waals surface area (Å²) in [5.41, 5.74) is 3.26. The Labute approximate surface area is 145 Å². The van der Waals surface area contributed by atoms with Crippen LogP contribution in [0.4, 0.5) is 5.69 Å². The molecule has 0 bridgehead atoms. The number of anilines is 1. The van der Waals surface area contributed by atoms with Gasteiger partial charge in [-0.2, -0.15) is 0 Å². The van der Waals surface area contributed by atoms with Crippen molar-refractivity contribution in [3.8, 4) is 0 Å². The monoisotopic (exact) mass is 336 g/mol. The minimum atomic E-state index is 0.0513. The summed E-state index contributed by atoms with van der Waals surface area (Å²) in [5, 5.41) is 5.47. The maximum atomic E-state index is 12.5. The second kappa shape index (κ2) is 5.91. The number of nitrogens with one attached hydrogen (secondary N) is 1. The molecule has 0 radical (unpaired) electrons. The lowest BCUT2D eigenvalue weighted by molar-refractivity contribution is -0.117. The molecule has 3 nitrogen and oxygen atoms in total. The smallest absolute Gasteiger partial charge is 0.228 e. The minimum absolute atomic E-state index is 0.0513. The largest absolute Gasteiger partial charge is 0.326 e. The predicted octanol–water partition coefficient (Wildman–Crippen LogP) is 4.94. The quantitative estimate of drug-likeness (QED) is 0.736. The maximum Gasteiger partial charge on any atom is 0.228 e. The van der Waals surface area contributed by atoms with Crippen LogP contribution in [-0.2, 0) is 4.79 Å². The second-order valence-electron chi connectivity index (χ2n) is 6.41. The highest BCUT2D eigenvalue weighted by molar-refractivity contribution is 6.35. The van der Waals surface area contributed by atoms with E-state index in [2.05, 4.69) is 41.5 Å². The summed E-state index contributed by atoms with van der Waals surface area (Å²) < 4.78 is 0. The summed E-state index contributed by atoms with van der Waals surface area (Å²) in [6.45, 7) is 2.08. The van der Waals surface area contributed by atoms with Gasteiger partial charge in [-0.25, -0.2) is 0 Å². The zero-order valence-corrected chi connectivity index (χ0v) is 14.0. The van der Waals surface area contributed by atoms with Crippen molar-refractivity contribution < 1.29 is 4.79 Å². The van der Waals surface area contributed by atoms with E-state index >= 15 is 0 Å². The number of benzene rings is 2. The number of carbonyl (C=O) groups is 1. The molecule has 24 heavy (non-hydrogen) atoms. The van der Waals surface area contributed by atoms with E-state index in [1.807, 2.05) is 18.2 Å². The first-order valence-electron chi connectivity index (χ1n) is 8.02. The van der Waals surface area contributed by atoms with Crippen LogP contribution in [0.3, 0.4) is 0 Å². The molecule has 1 N–H and O–H groups in total. The van der Waals surface area contributed by atoms with Crippen molar-refractivity contribution in [2.75, 3.05) is 5.32 Å². The lowest BCUT2D eigenvalue weighted by Gasteiger charge is -2.07. The molecule has 1 amide bonds. The van der Waals surface area contributed by atoms with Crippen molar-refractivity contribution in [3.63, 3.8) is 0 Å². The van der Waals surface area contributed by atoms with Crippen LogP contribution >= 0.6 is 11.6 Å². The van der Waals surface area contributed by atoms with E-state index < -0.39 is 0 Å². The first-order valence-corrected chi connectivity index (χ1v) is 8.40. The molecular weight excluding hydrogens is 320 g/mol. The van der Waals surface area contributed by atoms with Gasteiger partial charge in [-0.3, -0.25) is 9.78 Å². The number of halogens is 1. The van der Waals surface area contributed by atoms with E-state index in [0.717, 1.165) is 22.9 Å². The number of fused-ring (bicyclic) bond motifs is 1. The number of aryl methyl sites for hydroxylation is 1. The summed E-state index contributed by atoms with van der Waals surface area (Å²) >= 11 is 6.18. The summed E-state index contributed by atoms with van der Waals surface area (Å²) in [6.07, 6.45) is 4.29. The molecule has 3 aromatic rings. The fraction of sp³-hybridized carbons (Fsp3) is 0.200. The topological polar surface area (TPSA) is 42.0 Å². The van der Waals surface area contributed by atoms with Crippen LogP contribution in [0.1, 0.15) is 23.5 Å². The molecule has 0 aliphatic heterocycles. The fourth-order valence-corrected chi connectivity index (χ4v) is 3.41. The number of rotatable bonds is 3. The molecule has 4 heteroatoms. The maximum absolute atomic E-state index is 12.5. The molecule has 4 rings (SSSR count). The zero-order chi connectivity index (χ0) is 16.7. The zero-order valence-electron chi connectivity index (χ0n) is 13.3. The standard InChI is InChI=1S/C20H17ClN2O/c1-12-3-2-4-13(7-12)16-9-18(16)20(24)23-15-6-5-14-10-22-11-19(21)17(14)8-15/h2-8,10-11,16,18H,9H2,1H3,(H,23,24). The predicted molar refractivity (Wildman–Crippen MR) is 97.4 cm³/mol. The highest BCUT2D eigenvalue weighted by atomic mass is 35.5. The number of carbonyl (C=O) groups excluding carboxylic acids is 1. The van der Waals surface area contributed by atoms with Gasteiger partial charge in [0.1, 0.15) is 0 Å². The Morgan fingerprint density at radius 3 is 2.92 bits per heavy atom. The van der Waals surface area contributed by atoms with Crippen molar-refractivity contribution >= 4 is 34.0 Å². The average Bonchev–Trinajstić information content (AvgIpc) is 3.36. The molecule has 1 fully saturated rings. The Bertz CT molecular complexity index is 938. The van der Waals surface area contributed by atoms with E-state index in [9.17, 15) is 4.79 Å². The molecule has 2 atom stereocenters. The lowest BCUT2D eigenvalue weighted by atomic mass is 10.1. The average molecular weight is 337 g/mol. The summed E-state index contributed by atoms with van der Waals surface area (Å²) in [4.78, 5) is 16.6. The Balaban J connectivity index is 1.50. The van der Waals surface area contributed by atoms with Crippen LogP contribution in [0.2, 0.25) is 5.02 Å². The van der Waals surface area contributed by atoms with Crippen LogP contribution < -0.4 is 5.32 Å². The number of amides is 1. The third-order valence-electron chi connectivity index (χ3n) is 4.58. The van der Waals surface area contributed by atoms with E-state index in [1.54, 1.807) is 12.4 Å². The SMILES string of the molecule is Cc1cccc(C2CC2C(=O)Nc2ccc3cncc(Cl)c3c2)c1. The third kappa shape index (κ3) is 2.87. The van der Waals surface area contributed by atoms with Gasteiger partial charge >= 0.3 is 0 Å². The van der Waals surface area contributed by atoms with Gasteiger partial charge in [0.15, 0.2) is 0 Å². The van der Waals surface area contributed by atoms with Crippen molar-refractivity contribution in [2.45, 2.75) is 19.3 Å². The lowest BCUT2D eigenvalue weighted by Crippen LogP contribution is -2.14. The van der Waals surface area contributed by atoms with Gasteiger partial charge < -0.3 is 5.32 Å². The molecule has 0 spiro atoms. The number of hydrogen-bond donors (Lipinski definition) is 1. The molecule has 1 aromatic heterocycles. The molecule has 1 aliphatic carbocycles. The van der Waals surface area contributed by atoms with Gasteiger partial charge in [0.2, 0.25) is 5.91 Å². The van der Waals surface area contributed by atoms with Crippen LogP contribution in [0, 0.1) is 12.8 Å². The molecule has 2 unspecified atom stereocenters. The molecule has 1 heterocycles. The Kier molecular flexibility index (Phi) is 3.73. The van der Waals surface area contributed by atoms with Crippen LogP contribution in [0.15, 0.2) is 54.9 Å². The Hall–Kier alpha value is -2.39. The molecule has 120 valence electrons. The highest BCUT2D eigenvalue weighted by Gasteiger charge is 2.43. The first-order chi connectivity index (χ1) is 11.6. The van der Waals surface area contributed by atoms with Gasteiger partial charge in [-0.1, -0.05) is 47.5 Å². The molecule has 2 aromatic carbocycles. The van der Waals surface area contributed by atoms with Crippen LogP contribution in [0.5, 0.6) is 0 Å². The third-order valence-corrected chi connectivity index (χ3v) is 4.88. The number of pyridine rings is 1. The minimum Gasteiger partial charge on any atom is -0.326 e. The first kappa shape index (κ1) is 15.2. The van der Waals surface area contributed by atoms with Crippen LogP contribution in [0.25, 0.3) is 10.8 Å². The second-order valence-corrected chi connectivity index (χ2v) is 6.82. The molecule has 1 aliphatic rings. The number of hydrogen-bond acceptors (Lipinski definition) is 2. The summed E-state index contributed by atoms with van der Waals surface area (Å²) in [7, 11) is 0.